The highest BCUT2D eigenvalue weighted by Gasteiger charge is 1.99. The van der Waals surface area contributed by atoms with E-state index in [1.54, 1.807) is 0 Å². The molecule has 0 atom stereocenters. The van der Waals surface area contributed by atoms with Crippen LogP contribution in [0.1, 0.15) is 30.9 Å². The van der Waals surface area contributed by atoms with Gasteiger partial charge in [0.1, 0.15) is 0 Å². The zero-order chi connectivity index (χ0) is 10.3. The van der Waals surface area contributed by atoms with Crippen LogP contribution < -0.4 is 0 Å². The molecule has 72 valence electrons. The molecule has 0 saturated heterocycles. The molecule has 2 nitrogen and oxygen atoms in total. The first-order chi connectivity index (χ1) is 6.13. The van der Waals surface area contributed by atoms with Gasteiger partial charge < -0.3 is 0 Å². The highest BCUT2D eigenvalue weighted by Crippen LogP contribution is 2.17. The second kappa shape index (κ2) is 6.54. The first kappa shape index (κ1) is 12.0. The third-order valence-corrected chi connectivity index (χ3v) is 1.81. The Kier molecular flexibility index (Phi) is 6.06. The van der Waals surface area contributed by atoms with E-state index in [0.29, 0.717) is 5.92 Å². The molecule has 0 saturated carbocycles. The van der Waals surface area contributed by atoms with Crippen molar-refractivity contribution in [2.24, 2.45) is 0 Å². The van der Waals surface area contributed by atoms with Gasteiger partial charge in [-0.1, -0.05) is 38.1 Å². The highest BCUT2D eigenvalue weighted by atomic mass is 32.1. The standard InChI is InChI=1S/C10H14.O2S/c1-8(2)10-7-5-4-6-9(10)3;1-3-2/h4-8H,1-3H3;. The molecule has 0 aliphatic rings. The average Bonchev–Trinajstić information content (AvgIpc) is 2.06. The molecule has 13 heavy (non-hydrogen) atoms. The minimum atomic E-state index is -0.750. The number of hydrogen-bond acceptors (Lipinski definition) is 2. The molecule has 0 spiro atoms. The summed E-state index contributed by atoms with van der Waals surface area (Å²) in [6.07, 6.45) is 0. The lowest BCUT2D eigenvalue weighted by atomic mass is 9.99. The summed E-state index contributed by atoms with van der Waals surface area (Å²) in [5.74, 6) is 0.654. The van der Waals surface area contributed by atoms with Crippen molar-refractivity contribution in [3.8, 4) is 0 Å². The molecule has 0 aliphatic heterocycles. The van der Waals surface area contributed by atoms with Crippen LogP contribution in [0.25, 0.3) is 0 Å². The maximum absolute atomic E-state index is 8.29. The minimum absolute atomic E-state index is 0.654. The van der Waals surface area contributed by atoms with E-state index in [1.807, 2.05) is 0 Å². The van der Waals surface area contributed by atoms with Crippen molar-refractivity contribution in [3.63, 3.8) is 0 Å². The van der Waals surface area contributed by atoms with Crippen LogP contribution >= 0.6 is 0 Å². The molecule has 0 aromatic heterocycles. The Balaban J connectivity index is 0.000000424. The molecule has 0 amide bonds. The average molecular weight is 198 g/mol. The summed E-state index contributed by atoms with van der Waals surface area (Å²) >= 11 is -0.750. The maximum atomic E-state index is 8.29. The second-order valence-electron chi connectivity index (χ2n) is 3.08. The molecular weight excluding hydrogens is 184 g/mol. The summed E-state index contributed by atoms with van der Waals surface area (Å²) in [7, 11) is 0. The van der Waals surface area contributed by atoms with Gasteiger partial charge in [0.25, 0.3) is 0 Å². The third kappa shape index (κ3) is 4.58. The summed E-state index contributed by atoms with van der Waals surface area (Å²) in [6, 6.07) is 8.54. The summed E-state index contributed by atoms with van der Waals surface area (Å²) in [5.41, 5.74) is 2.86. The zero-order valence-electron chi connectivity index (χ0n) is 8.11. The smallest absolute Gasteiger partial charge is 0.168 e. The molecule has 1 aromatic rings. The first-order valence-electron chi connectivity index (χ1n) is 4.10. The fraction of sp³-hybridized carbons (Fsp3) is 0.400. The lowest BCUT2D eigenvalue weighted by Crippen LogP contribution is -1.89. The Hall–Kier alpha value is -0.960. The van der Waals surface area contributed by atoms with E-state index in [9.17, 15) is 0 Å². The van der Waals surface area contributed by atoms with E-state index in [4.69, 9.17) is 8.42 Å². The van der Waals surface area contributed by atoms with Gasteiger partial charge in [-0.15, -0.1) is 0 Å². The molecule has 0 radical (unpaired) electrons. The fourth-order valence-corrected chi connectivity index (χ4v) is 1.23. The van der Waals surface area contributed by atoms with Crippen LogP contribution in [-0.2, 0) is 11.6 Å². The van der Waals surface area contributed by atoms with Crippen LogP contribution in [-0.4, -0.2) is 8.42 Å². The molecule has 0 N–H and O–H groups in total. The van der Waals surface area contributed by atoms with Crippen LogP contribution in [0.3, 0.4) is 0 Å². The predicted octanol–water partition coefficient (Wildman–Crippen LogP) is 2.45. The molecule has 0 bridgehead atoms. The normalized spacial score (nSPS) is 8.92. The van der Waals surface area contributed by atoms with Gasteiger partial charge in [0.2, 0.25) is 0 Å². The van der Waals surface area contributed by atoms with Crippen LogP contribution in [0.4, 0.5) is 0 Å². The molecule has 1 aromatic carbocycles. The van der Waals surface area contributed by atoms with Gasteiger partial charge in [-0.05, 0) is 24.0 Å². The van der Waals surface area contributed by atoms with Crippen LogP contribution in [0, 0.1) is 6.92 Å². The van der Waals surface area contributed by atoms with Crippen LogP contribution in [0.15, 0.2) is 24.3 Å². The van der Waals surface area contributed by atoms with Gasteiger partial charge in [0.05, 0.1) is 0 Å². The summed E-state index contributed by atoms with van der Waals surface area (Å²) in [4.78, 5) is 0. The summed E-state index contributed by atoms with van der Waals surface area (Å²) < 4.78 is 16.6. The lowest BCUT2D eigenvalue weighted by molar-refractivity contribution is 0.630. The second-order valence-corrected chi connectivity index (χ2v) is 3.22. The van der Waals surface area contributed by atoms with Crippen LogP contribution in [0.2, 0.25) is 0 Å². The van der Waals surface area contributed by atoms with Gasteiger partial charge in [-0.25, -0.2) is 0 Å². The highest BCUT2D eigenvalue weighted by molar-refractivity contribution is 7.51. The van der Waals surface area contributed by atoms with E-state index in [1.165, 1.54) is 11.1 Å². The van der Waals surface area contributed by atoms with Gasteiger partial charge in [-0.3, -0.25) is 0 Å². The molecule has 1 rings (SSSR count). The Morgan fingerprint density at radius 2 is 1.62 bits per heavy atom. The SMILES string of the molecule is Cc1ccccc1C(C)C.O=S=O. The van der Waals surface area contributed by atoms with E-state index in [2.05, 4.69) is 45.0 Å². The molecule has 0 unspecified atom stereocenters. The van der Waals surface area contributed by atoms with Gasteiger partial charge in [0, 0.05) is 0 Å². The topological polar surface area (TPSA) is 34.1 Å². The Morgan fingerprint density at radius 3 is 1.92 bits per heavy atom. The Bertz CT molecular complexity index is 289. The van der Waals surface area contributed by atoms with Crippen molar-refractivity contribution in [2.75, 3.05) is 0 Å². The van der Waals surface area contributed by atoms with Gasteiger partial charge in [-0.2, -0.15) is 8.42 Å². The monoisotopic (exact) mass is 198 g/mol. The third-order valence-electron chi connectivity index (χ3n) is 1.81. The van der Waals surface area contributed by atoms with Crippen LogP contribution in [0.5, 0.6) is 0 Å². The molecule has 0 heterocycles. The maximum Gasteiger partial charge on any atom is 0.335 e. The minimum Gasteiger partial charge on any atom is -0.168 e. The number of benzene rings is 1. The molecule has 3 heteroatoms. The zero-order valence-corrected chi connectivity index (χ0v) is 8.93. The largest absolute Gasteiger partial charge is 0.335 e. The van der Waals surface area contributed by atoms with Crippen molar-refractivity contribution in [1.82, 2.24) is 0 Å². The van der Waals surface area contributed by atoms with Crippen molar-refractivity contribution >= 4 is 11.6 Å². The number of aryl methyl sites for hydroxylation is 1. The molecule has 0 aliphatic carbocycles. The Morgan fingerprint density at radius 1 is 1.15 bits per heavy atom. The summed E-state index contributed by atoms with van der Waals surface area (Å²) in [5, 5.41) is 0. The number of hydrogen-bond donors (Lipinski definition) is 0. The molecular formula is C10H14O2S. The molecule has 0 fully saturated rings. The summed E-state index contributed by atoms with van der Waals surface area (Å²) in [6.45, 7) is 6.61. The lowest BCUT2D eigenvalue weighted by Gasteiger charge is -2.07. The van der Waals surface area contributed by atoms with Crippen molar-refractivity contribution < 1.29 is 8.42 Å². The predicted molar refractivity (Wildman–Crippen MR) is 54.2 cm³/mol. The number of rotatable bonds is 1. The van der Waals surface area contributed by atoms with Crippen molar-refractivity contribution in [2.45, 2.75) is 26.7 Å². The van der Waals surface area contributed by atoms with E-state index in [-0.39, 0.29) is 0 Å². The van der Waals surface area contributed by atoms with Gasteiger partial charge >= 0.3 is 11.6 Å². The van der Waals surface area contributed by atoms with E-state index >= 15 is 0 Å². The van der Waals surface area contributed by atoms with Gasteiger partial charge in [0.15, 0.2) is 0 Å². The fourth-order valence-electron chi connectivity index (χ4n) is 1.23. The van der Waals surface area contributed by atoms with E-state index < -0.39 is 11.6 Å². The first-order valence-corrected chi connectivity index (χ1v) is 4.77. The van der Waals surface area contributed by atoms with Crippen molar-refractivity contribution in [3.05, 3.63) is 35.4 Å². The van der Waals surface area contributed by atoms with E-state index in [0.717, 1.165) is 0 Å². The quantitative estimate of drug-likeness (QED) is 0.694. The van der Waals surface area contributed by atoms with Crippen molar-refractivity contribution in [1.29, 1.82) is 0 Å². The Labute approximate surface area is 82.6 Å².